The number of pyridine rings is 1. The Morgan fingerprint density at radius 3 is 2.40 bits per heavy atom. The highest BCUT2D eigenvalue weighted by molar-refractivity contribution is 7.99. The fraction of sp³-hybridized carbons (Fsp3) is 0.0714. The second kappa shape index (κ2) is 7.30. The van der Waals surface area contributed by atoms with Crippen LogP contribution in [0.2, 0.25) is 0 Å². The van der Waals surface area contributed by atoms with E-state index >= 15 is 0 Å². The molecule has 0 aliphatic heterocycles. The zero-order chi connectivity index (χ0) is 14.2. The van der Waals surface area contributed by atoms with Crippen LogP contribution >= 0.6 is 11.8 Å². The smallest absolute Gasteiger partial charge is 0.211 e. The van der Waals surface area contributed by atoms with Crippen LogP contribution in [0.3, 0.4) is 0 Å². The van der Waals surface area contributed by atoms with Crippen LogP contribution in [-0.4, -0.2) is 22.4 Å². The number of hydrogen-bond donors (Lipinski definition) is 2. The lowest BCUT2D eigenvalue weighted by Gasteiger charge is -2.04. The van der Waals surface area contributed by atoms with Gasteiger partial charge in [-0.25, -0.2) is 4.98 Å². The third-order valence-corrected chi connectivity index (χ3v) is 3.34. The van der Waals surface area contributed by atoms with Crippen LogP contribution in [-0.2, 0) is 0 Å². The van der Waals surface area contributed by atoms with Crippen molar-refractivity contribution in [2.75, 3.05) is 5.75 Å². The largest absolute Gasteiger partial charge is 0.369 e. The molecule has 0 radical (unpaired) electrons. The fourth-order valence-corrected chi connectivity index (χ4v) is 2.31. The Hall–Kier alpha value is -2.34. The number of nitrogens with two attached hydrogens (primary N) is 2. The fourth-order valence-electron chi connectivity index (χ4n) is 1.49. The average Bonchev–Trinajstić information content (AvgIpc) is 2.49. The van der Waals surface area contributed by atoms with Crippen molar-refractivity contribution in [1.29, 1.82) is 0 Å². The molecule has 1 aromatic carbocycles. The molecule has 0 bridgehead atoms. The van der Waals surface area contributed by atoms with Gasteiger partial charge in [-0.05, 0) is 17.7 Å². The summed E-state index contributed by atoms with van der Waals surface area (Å²) in [5, 5.41) is 8.79. The van der Waals surface area contributed by atoms with Gasteiger partial charge in [0.2, 0.25) is 5.96 Å². The molecule has 20 heavy (non-hydrogen) atoms. The molecule has 102 valence electrons. The van der Waals surface area contributed by atoms with E-state index in [9.17, 15) is 0 Å². The summed E-state index contributed by atoms with van der Waals surface area (Å²) in [5.41, 5.74) is 12.4. The summed E-state index contributed by atoms with van der Waals surface area (Å²) in [6.07, 6.45) is 1.76. The van der Waals surface area contributed by atoms with E-state index in [0.29, 0.717) is 5.75 Å². The zero-order valence-electron chi connectivity index (χ0n) is 10.8. The van der Waals surface area contributed by atoms with Gasteiger partial charge in [0.1, 0.15) is 0 Å². The standard InChI is InChI=1S/C14H15N5S/c15-14(16)19-18-12(11-6-2-1-3-7-11)10-20-13-8-4-5-9-17-13/h1-9H,10H2,(H4,15,16,19)/b18-12+. The van der Waals surface area contributed by atoms with Crippen molar-refractivity contribution in [1.82, 2.24) is 4.98 Å². The van der Waals surface area contributed by atoms with Gasteiger partial charge in [-0.2, -0.15) is 5.10 Å². The number of nitrogens with zero attached hydrogens (tertiary/aromatic N) is 3. The van der Waals surface area contributed by atoms with Crippen molar-refractivity contribution in [2.45, 2.75) is 5.03 Å². The molecule has 2 aromatic rings. The number of hydrogen-bond acceptors (Lipinski definition) is 4. The summed E-state index contributed by atoms with van der Waals surface area (Å²) in [6, 6.07) is 15.6. The van der Waals surface area contributed by atoms with E-state index in [-0.39, 0.29) is 5.96 Å². The van der Waals surface area contributed by atoms with E-state index in [1.807, 2.05) is 48.5 Å². The third kappa shape index (κ3) is 4.40. The molecule has 6 heteroatoms. The van der Waals surface area contributed by atoms with Crippen LogP contribution in [0.1, 0.15) is 5.56 Å². The Labute approximate surface area is 121 Å². The van der Waals surface area contributed by atoms with Gasteiger partial charge in [0, 0.05) is 11.9 Å². The number of benzene rings is 1. The van der Waals surface area contributed by atoms with Gasteiger partial charge in [-0.1, -0.05) is 48.2 Å². The Morgan fingerprint density at radius 2 is 1.75 bits per heavy atom. The average molecular weight is 285 g/mol. The third-order valence-electron chi connectivity index (χ3n) is 2.39. The molecule has 0 aliphatic rings. The van der Waals surface area contributed by atoms with Gasteiger partial charge in [0.25, 0.3) is 0 Å². The van der Waals surface area contributed by atoms with Crippen molar-refractivity contribution in [3.05, 3.63) is 60.3 Å². The maximum atomic E-state index is 5.33. The Morgan fingerprint density at radius 1 is 1.00 bits per heavy atom. The van der Waals surface area contributed by atoms with Crippen LogP contribution < -0.4 is 11.5 Å². The Bertz CT molecular complexity index is 591. The quantitative estimate of drug-likeness (QED) is 0.380. The topological polar surface area (TPSA) is 89.7 Å². The van der Waals surface area contributed by atoms with E-state index in [1.54, 1.807) is 18.0 Å². The first-order valence-corrected chi connectivity index (χ1v) is 6.99. The highest BCUT2D eigenvalue weighted by atomic mass is 32.2. The van der Waals surface area contributed by atoms with Gasteiger partial charge < -0.3 is 11.5 Å². The van der Waals surface area contributed by atoms with Crippen LogP contribution in [0.25, 0.3) is 0 Å². The van der Waals surface area contributed by atoms with Crippen molar-refractivity contribution in [3.8, 4) is 0 Å². The lowest BCUT2D eigenvalue weighted by molar-refractivity contribution is 1.14. The van der Waals surface area contributed by atoms with E-state index in [2.05, 4.69) is 15.2 Å². The van der Waals surface area contributed by atoms with Gasteiger partial charge >= 0.3 is 0 Å². The monoisotopic (exact) mass is 285 g/mol. The van der Waals surface area contributed by atoms with Gasteiger partial charge in [-0.15, -0.1) is 5.10 Å². The minimum atomic E-state index is -0.0544. The molecule has 0 saturated heterocycles. The van der Waals surface area contributed by atoms with Crippen LogP contribution in [0.15, 0.2) is 70.0 Å². The van der Waals surface area contributed by atoms with Crippen LogP contribution in [0.4, 0.5) is 0 Å². The lowest BCUT2D eigenvalue weighted by Crippen LogP contribution is -2.22. The maximum absolute atomic E-state index is 5.33. The molecule has 0 aliphatic carbocycles. The molecule has 0 amide bonds. The molecule has 1 aromatic heterocycles. The molecule has 5 nitrogen and oxygen atoms in total. The number of aromatic nitrogens is 1. The minimum Gasteiger partial charge on any atom is -0.369 e. The summed E-state index contributed by atoms with van der Waals surface area (Å²) in [6.45, 7) is 0. The molecule has 0 saturated carbocycles. The van der Waals surface area contributed by atoms with Crippen molar-refractivity contribution >= 4 is 23.4 Å². The summed E-state index contributed by atoms with van der Waals surface area (Å²) in [5.74, 6) is 0.582. The summed E-state index contributed by atoms with van der Waals surface area (Å²) in [4.78, 5) is 4.26. The predicted octanol–water partition coefficient (Wildman–Crippen LogP) is 1.85. The minimum absolute atomic E-state index is 0.0544. The number of guanidine groups is 1. The molecule has 2 rings (SSSR count). The van der Waals surface area contributed by atoms with Crippen molar-refractivity contribution in [2.24, 2.45) is 21.7 Å². The van der Waals surface area contributed by atoms with Crippen LogP contribution in [0, 0.1) is 0 Å². The highest BCUT2D eigenvalue weighted by Crippen LogP contribution is 2.16. The summed E-state index contributed by atoms with van der Waals surface area (Å²) >= 11 is 1.58. The highest BCUT2D eigenvalue weighted by Gasteiger charge is 2.05. The first-order chi connectivity index (χ1) is 9.75. The molecule has 0 spiro atoms. The first kappa shape index (κ1) is 14.1. The van der Waals surface area contributed by atoms with Gasteiger partial charge in [0.05, 0.1) is 10.7 Å². The van der Waals surface area contributed by atoms with E-state index in [0.717, 1.165) is 16.3 Å². The second-order valence-electron chi connectivity index (χ2n) is 3.89. The number of rotatable bonds is 5. The molecule has 0 unspecified atom stereocenters. The van der Waals surface area contributed by atoms with Gasteiger partial charge in [0.15, 0.2) is 0 Å². The maximum Gasteiger partial charge on any atom is 0.211 e. The Kier molecular flexibility index (Phi) is 5.14. The molecule has 0 atom stereocenters. The van der Waals surface area contributed by atoms with Gasteiger partial charge in [-0.3, -0.25) is 0 Å². The van der Waals surface area contributed by atoms with Crippen molar-refractivity contribution < 1.29 is 0 Å². The number of thioether (sulfide) groups is 1. The normalized spacial score (nSPS) is 11.1. The molecule has 0 fully saturated rings. The van der Waals surface area contributed by atoms with Crippen molar-refractivity contribution in [3.63, 3.8) is 0 Å². The van der Waals surface area contributed by atoms with E-state index in [4.69, 9.17) is 11.5 Å². The molecule has 1 heterocycles. The Balaban J connectivity index is 2.16. The SMILES string of the molecule is NC(N)=N/N=C(\CSc1ccccn1)c1ccccc1. The second-order valence-corrected chi connectivity index (χ2v) is 4.89. The summed E-state index contributed by atoms with van der Waals surface area (Å²) < 4.78 is 0. The van der Waals surface area contributed by atoms with E-state index < -0.39 is 0 Å². The molecule has 4 N–H and O–H groups in total. The lowest BCUT2D eigenvalue weighted by atomic mass is 10.1. The first-order valence-electron chi connectivity index (χ1n) is 6.00. The van der Waals surface area contributed by atoms with Crippen LogP contribution in [0.5, 0.6) is 0 Å². The zero-order valence-corrected chi connectivity index (χ0v) is 11.6. The molecular weight excluding hydrogens is 270 g/mol. The molecular formula is C14H15N5S. The summed E-state index contributed by atoms with van der Waals surface area (Å²) in [7, 11) is 0. The van der Waals surface area contributed by atoms with E-state index in [1.165, 1.54) is 0 Å². The predicted molar refractivity (Wildman–Crippen MR) is 83.7 cm³/mol.